The molecule has 1 saturated carbocycles. The molecule has 4 nitrogen and oxygen atoms in total. The monoisotopic (exact) mass is 280 g/mol. The van der Waals surface area contributed by atoms with E-state index in [-0.39, 0.29) is 0 Å². The summed E-state index contributed by atoms with van der Waals surface area (Å²) in [6.45, 7) is 3.40. The summed E-state index contributed by atoms with van der Waals surface area (Å²) >= 11 is 2.02. The van der Waals surface area contributed by atoms with Gasteiger partial charge < -0.3 is 5.32 Å². The van der Waals surface area contributed by atoms with E-state index >= 15 is 0 Å². The molecular formula is C11H24N2O2S2. The maximum Gasteiger partial charge on any atom is 0.208 e. The van der Waals surface area contributed by atoms with Gasteiger partial charge in [0.2, 0.25) is 10.0 Å². The van der Waals surface area contributed by atoms with E-state index in [1.165, 1.54) is 31.9 Å². The lowest BCUT2D eigenvalue weighted by Crippen LogP contribution is -2.43. The first kappa shape index (κ1) is 15.3. The molecule has 0 saturated heterocycles. The fraction of sp³-hybridized carbons (Fsp3) is 1.00. The second kappa shape index (κ2) is 7.61. The molecule has 0 aromatic heterocycles. The number of thioether (sulfide) groups is 1. The van der Waals surface area contributed by atoms with Gasteiger partial charge in [-0.15, -0.1) is 0 Å². The highest BCUT2D eigenvalue weighted by molar-refractivity contribution is 7.99. The third-order valence-corrected chi connectivity index (χ3v) is 5.03. The van der Waals surface area contributed by atoms with Crippen molar-refractivity contribution in [1.82, 2.24) is 10.0 Å². The molecule has 0 amide bonds. The number of sulfonamides is 1. The summed E-state index contributed by atoms with van der Waals surface area (Å²) in [6.07, 6.45) is 6.32. The molecule has 0 aromatic rings. The van der Waals surface area contributed by atoms with Crippen molar-refractivity contribution in [2.45, 2.75) is 43.9 Å². The fourth-order valence-corrected chi connectivity index (χ4v) is 3.94. The van der Waals surface area contributed by atoms with Crippen molar-refractivity contribution >= 4 is 21.8 Å². The zero-order chi connectivity index (χ0) is 12.7. The van der Waals surface area contributed by atoms with E-state index in [2.05, 4.69) is 17.0 Å². The average molecular weight is 280 g/mol. The van der Waals surface area contributed by atoms with Gasteiger partial charge in [0.15, 0.2) is 0 Å². The van der Waals surface area contributed by atoms with Gasteiger partial charge in [-0.2, -0.15) is 11.8 Å². The van der Waals surface area contributed by atoms with Gasteiger partial charge in [0.1, 0.15) is 0 Å². The van der Waals surface area contributed by atoms with Crippen molar-refractivity contribution in [3.8, 4) is 0 Å². The number of hydrogen-bond donors (Lipinski definition) is 2. The molecule has 0 bridgehead atoms. The van der Waals surface area contributed by atoms with Crippen LogP contribution in [0.1, 0.15) is 32.6 Å². The Morgan fingerprint density at radius 2 is 1.94 bits per heavy atom. The number of hydrogen-bond acceptors (Lipinski definition) is 4. The molecule has 102 valence electrons. The highest BCUT2D eigenvalue weighted by Gasteiger charge is 2.24. The van der Waals surface area contributed by atoms with E-state index in [0.717, 1.165) is 12.3 Å². The van der Waals surface area contributed by atoms with Crippen LogP contribution in [-0.4, -0.2) is 44.8 Å². The third kappa shape index (κ3) is 6.64. The van der Waals surface area contributed by atoms with Crippen LogP contribution in [0.4, 0.5) is 0 Å². The minimum absolute atomic E-state index is 0.485. The van der Waals surface area contributed by atoms with E-state index in [4.69, 9.17) is 0 Å². The molecule has 1 aliphatic rings. The molecular weight excluding hydrogens is 256 g/mol. The fourth-order valence-electron chi connectivity index (χ4n) is 2.24. The minimum Gasteiger partial charge on any atom is -0.312 e. The van der Waals surface area contributed by atoms with Gasteiger partial charge in [0.05, 0.1) is 6.26 Å². The predicted molar refractivity (Wildman–Crippen MR) is 75.0 cm³/mol. The Balaban J connectivity index is 2.23. The molecule has 2 unspecified atom stereocenters. The predicted octanol–water partition coefficient (Wildman–Crippen LogP) is 1.19. The topological polar surface area (TPSA) is 58.2 Å². The first-order chi connectivity index (χ1) is 8.03. The zero-order valence-corrected chi connectivity index (χ0v) is 12.4. The van der Waals surface area contributed by atoms with Gasteiger partial charge in [-0.05, 0) is 18.6 Å². The maximum atomic E-state index is 10.9. The smallest absolute Gasteiger partial charge is 0.208 e. The molecule has 0 spiro atoms. The van der Waals surface area contributed by atoms with Gasteiger partial charge in [0, 0.05) is 24.4 Å². The van der Waals surface area contributed by atoms with Crippen LogP contribution in [-0.2, 0) is 10.0 Å². The van der Waals surface area contributed by atoms with Crippen molar-refractivity contribution in [2.24, 2.45) is 0 Å². The lowest BCUT2D eigenvalue weighted by Gasteiger charge is -2.31. The standard InChI is InChI=1S/C11H24N2O2S2/c1-3-16-11-7-5-4-6-10(11)12-8-9-13-17(2,14)15/h10-13H,3-9H2,1-2H3. The second-order valence-corrected chi connectivity index (χ2v) is 7.85. The SMILES string of the molecule is CCSC1CCCCC1NCCNS(C)(=O)=O. The van der Waals surface area contributed by atoms with E-state index in [1.54, 1.807) is 0 Å². The van der Waals surface area contributed by atoms with Gasteiger partial charge in [-0.1, -0.05) is 19.8 Å². The zero-order valence-electron chi connectivity index (χ0n) is 10.7. The van der Waals surface area contributed by atoms with Crippen molar-refractivity contribution in [3.05, 3.63) is 0 Å². The first-order valence-corrected chi connectivity index (χ1v) is 9.26. The lowest BCUT2D eigenvalue weighted by atomic mass is 9.95. The van der Waals surface area contributed by atoms with Crippen molar-refractivity contribution in [2.75, 3.05) is 25.1 Å². The Kier molecular flexibility index (Phi) is 6.84. The van der Waals surface area contributed by atoms with Crippen LogP contribution in [0.15, 0.2) is 0 Å². The molecule has 0 radical (unpaired) electrons. The summed E-state index contributed by atoms with van der Waals surface area (Å²) in [7, 11) is -3.05. The molecule has 1 rings (SSSR count). The molecule has 0 heterocycles. The molecule has 1 aliphatic carbocycles. The van der Waals surface area contributed by atoms with Crippen LogP contribution in [0.25, 0.3) is 0 Å². The third-order valence-electron chi connectivity index (χ3n) is 2.98. The summed E-state index contributed by atoms with van der Waals surface area (Å²) in [4.78, 5) is 0. The molecule has 0 aliphatic heterocycles. The minimum atomic E-state index is -3.05. The van der Waals surface area contributed by atoms with E-state index in [0.29, 0.717) is 17.8 Å². The highest BCUT2D eigenvalue weighted by Crippen LogP contribution is 2.28. The summed E-state index contributed by atoms with van der Waals surface area (Å²) in [6, 6.07) is 0.551. The molecule has 0 aromatic carbocycles. The number of rotatable bonds is 7. The Labute approximate surface area is 109 Å². The van der Waals surface area contributed by atoms with Gasteiger partial charge in [-0.3, -0.25) is 0 Å². The molecule has 2 N–H and O–H groups in total. The largest absolute Gasteiger partial charge is 0.312 e. The molecule has 6 heteroatoms. The van der Waals surface area contributed by atoms with Gasteiger partial charge in [0.25, 0.3) is 0 Å². The van der Waals surface area contributed by atoms with Gasteiger partial charge >= 0.3 is 0 Å². The molecule has 2 atom stereocenters. The lowest BCUT2D eigenvalue weighted by molar-refractivity contribution is 0.386. The van der Waals surface area contributed by atoms with Crippen molar-refractivity contribution < 1.29 is 8.42 Å². The Morgan fingerprint density at radius 1 is 1.24 bits per heavy atom. The Hall–Kier alpha value is 0.220. The van der Waals surface area contributed by atoms with Crippen LogP contribution in [0.3, 0.4) is 0 Å². The summed E-state index contributed by atoms with van der Waals surface area (Å²) < 4.78 is 24.3. The van der Waals surface area contributed by atoms with Gasteiger partial charge in [-0.25, -0.2) is 13.1 Å². The normalized spacial score (nSPS) is 26.0. The average Bonchev–Trinajstić information content (AvgIpc) is 2.25. The van der Waals surface area contributed by atoms with Crippen molar-refractivity contribution in [1.29, 1.82) is 0 Å². The van der Waals surface area contributed by atoms with Crippen LogP contribution in [0.5, 0.6) is 0 Å². The summed E-state index contributed by atoms with van der Waals surface area (Å²) in [5.74, 6) is 1.16. The van der Waals surface area contributed by atoms with E-state index in [9.17, 15) is 8.42 Å². The molecule has 1 fully saturated rings. The van der Waals surface area contributed by atoms with E-state index in [1.807, 2.05) is 11.8 Å². The summed E-state index contributed by atoms with van der Waals surface area (Å²) in [5.41, 5.74) is 0. The Morgan fingerprint density at radius 3 is 2.59 bits per heavy atom. The molecule has 17 heavy (non-hydrogen) atoms. The van der Waals surface area contributed by atoms with Crippen LogP contribution in [0.2, 0.25) is 0 Å². The van der Waals surface area contributed by atoms with Crippen LogP contribution in [0, 0.1) is 0 Å². The van der Waals surface area contributed by atoms with Crippen LogP contribution >= 0.6 is 11.8 Å². The quantitative estimate of drug-likeness (QED) is 0.688. The van der Waals surface area contributed by atoms with E-state index < -0.39 is 10.0 Å². The van der Waals surface area contributed by atoms with Crippen LogP contribution < -0.4 is 10.0 Å². The maximum absolute atomic E-state index is 10.9. The van der Waals surface area contributed by atoms with Crippen molar-refractivity contribution in [3.63, 3.8) is 0 Å². The first-order valence-electron chi connectivity index (χ1n) is 6.32. The Bertz CT molecular complexity index is 305. The second-order valence-electron chi connectivity index (χ2n) is 4.51. The summed E-state index contributed by atoms with van der Waals surface area (Å²) in [5, 5.41) is 4.18. The highest BCUT2D eigenvalue weighted by atomic mass is 32.2. The number of nitrogens with one attached hydrogen (secondary N) is 2.